The van der Waals surface area contributed by atoms with E-state index in [4.69, 9.17) is 10.5 Å². The average Bonchev–Trinajstić information content (AvgIpc) is 2.26. The molecule has 90 valence electrons. The first-order valence-corrected chi connectivity index (χ1v) is 6.14. The summed E-state index contributed by atoms with van der Waals surface area (Å²) in [5, 5.41) is 3.26. The maximum atomic E-state index is 6.38. The van der Waals surface area contributed by atoms with Gasteiger partial charge >= 0.3 is 0 Å². The molecule has 0 aromatic carbocycles. The molecule has 1 saturated heterocycles. The first-order chi connectivity index (χ1) is 7.16. The molecule has 2 atom stereocenters. The van der Waals surface area contributed by atoms with Crippen molar-refractivity contribution in [2.45, 2.75) is 32.7 Å². The third-order valence-corrected chi connectivity index (χ3v) is 3.60. The lowest BCUT2D eigenvalue weighted by atomic mass is 9.79. The summed E-state index contributed by atoms with van der Waals surface area (Å²) >= 11 is 0. The number of hydrogen-bond donors (Lipinski definition) is 2. The lowest BCUT2D eigenvalue weighted by Gasteiger charge is -2.35. The van der Waals surface area contributed by atoms with Crippen LogP contribution < -0.4 is 11.1 Å². The van der Waals surface area contributed by atoms with Crippen LogP contribution in [0, 0.1) is 17.8 Å². The van der Waals surface area contributed by atoms with Gasteiger partial charge in [0, 0.05) is 19.3 Å². The molecule has 3 heteroatoms. The highest BCUT2D eigenvalue weighted by molar-refractivity contribution is 4.84. The van der Waals surface area contributed by atoms with Crippen molar-refractivity contribution < 1.29 is 4.74 Å². The Morgan fingerprint density at radius 2 is 1.93 bits per heavy atom. The number of rotatable bonds is 5. The molecule has 3 nitrogen and oxygen atoms in total. The minimum Gasteiger partial charge on any atom is -0.381 e. The summed E-state index contributed by atoms with van der Waals surface area (Å²) in [6.45, 7) is 7.34. The van der Waals surface area contributed by atoms with Crippen LogP contribution in [0.15, 0.2) is 0 Å². The summed E-state index contributed by atoms with van der Waals surface area (Å²) in [5.74, 6) is 1.88. The van der Waals surface area contributed by atoms with Crippen molar-refractivity contribution in [1.82, 2.24) is 5.32 Å². The number of ether oxygens (including phenoxy) is 1. The Kier molecular flexibility index (Phi) is 5.58. The van der Waals surface area contributed by atoms with Crippen LogP contribution in [0.2, 0.25) is 0 Å². The zero-order chi connectivity index (χ0) is 11.3. The molecule has 0 aliphatic carbocycles. The first kappa shape index (κ1) is 12.9. The molecular weight excluding hydrogens is 188 g/mol. The van der Waals surface area contributed by atoms with Crippen molar-refractivity contribution in [2.75, 3.05) is 26.8 Å². The van der Waals surface area contributed by atoms with Gasteiger partial charge in [0.2, 0.25) is 0 Å². The van der Waals surface area contributed by atoms with Gasteiger partial charge in [-0.1, -0.05) is 13.8 Å². The van der Waals surface area contributed by atoms with Crippen LogP contribution in [-0.4, -0.2) is 32.8 Å². The second kappa shape index (κ2) is 6.46. The van der Waals surface area contributed by atoms with Crippen LogP contribution >= 0.6 is 0 Å². The van der Waals surface area contributed by atoms with Crippen LogP contribution in [0.3, 0.4) is 0 Å². The van der Waals surface area contributed by atoms with E-state index in [1.165, 1.54) is 0 Å². The van der Waals surface area contributed by atoms with Crippen molar-refractivity contribution in [3.63, 3.8) is 0 Å². The van der Waals surface area contributed by atoms with Gasteiger partial charge in [0.05, 0.1) is 0 Å². The standard InChI is InChI=1S/C12H26N2O/c1-9(2)11(8-14-3)12(13)10-4-6-15-7-5-10/h9-12,14H,4-8,13H2,1-3H3. The minimum atomic E-state index is 0.321. The van der Waals surface area contributed by atoms with E-state index in [0.29, 0.717) is 23.8 Å². The molecule has 3 N–H and O–H groups in total. The largest absolute Gasteiger partial charge is 0.381 e. The van der Waals surface area contributed by atoms with Crippen LogP contribution in [0.5, 0.6) is 0 Å². The fourth-order valence-corrected chi connectivity index (χ4v) is 2.50. The molecule has 0 spiro atoms. The van der Waals surface area contributed by atoms with Gasteiger partial charge in [-0.15, -0.1) is 0 Å². The third kappa shape index (κ3) is 3.74. The maximum absolute atomic E-state index is 6.38. The predicted octanol–water partition coefficient (Wildman–Crippen LogP) is 1.23. The molecule has 15 heavy (non-hydrogen) atoms. The van der Waals surface area contributed by atoms with E-state index in [0.717, 1.165) is 32.6 Å². The van der Waals surface area contributed by atoms with E-state index >= 15 is 0 Å². The molecule has 0 bridgehead atoms. The highest BCUT2D eigenvalue weighted by Crippen LogP contribution is 2.25. The van der Waals surface area contributed by atoms with Gasteiger partial charge in [-0.2, -0.15) is 0 Å². The molecule has 0 aromatic rings. The normalized spacial score (nSPS) is 23.0. The van der Waals surface area contributed by atoms with Gasteiger partial charge < -0.3 is 15.8 Å². The quantitative estimate of drug-likeness (QED) is 0.723. The first-order valence-electron chi connectivity index (χ1n) is 6.14. The molecule has 0 aromatic heterocycles. The highest BCUT2D eigenvalue weighted by Gasteiger charge is 2.29. The van der Waals surface area contributed by atoms with Gasteiger partial charge in [-0.05, 0) is 44.2 Å². The highest BCUT2D eigenvalue weighted by atomic mass is 16.5. The van der Waals surface area contributed by atoms with Crippen LogP contribution in [0.25, 0.3) is 0 Å². The molecule has 2 unspecified atom stereocenters. The lowest BCUT2D eigenvalue weighted by molar-refractivity contribution is 0.0472. The second-order valence-electron chi connectivity index (χ2n) is 4.99. The molecule has 1 rings (SSSR count). The zero-order valence-electron chi connectivity index (χ0n) is 10.3. The fourth-order valence-electron chi connectivity index (χ4n) is 2.50. The van der Waals surface area contributed by atoms with Gasteiger partial charge in [0.1, 0.15) is 0 Å². The smallest absolute Gasteiger partial charge is 0.0469 e. The molecule has 0 saturated carbocycles. The lowest BCUT2D eigenvalue weighted by Crippen LogP contribution is -2.45. The van der Waals surface area contributed by atoms with Crippen LogP contribution in [0.4, 0.5) is 0 Å². The SMILES string of the molecule is CNCC(C(C)C)C(N)C1CCOCC1. The predicted molar refractivity (Wildman–Crippen MR) is 63.8 cm³/mol. The molecule has 0 amide bonds. The van der Waals surface area contributed by atoms with E-state index in [-0.39, 0.29) is 0 Å². The Morgan fingerprint density at radius 3 is 2.40 bits per heavy atom. The second-order valence-corrected chi connectivity index (χ2v) is 4.99. The van der Waals surface area contributed by atoms with Crippen molar-refractivity contribution in [3.05, 3.63) is 0 Å². The van der Waals surface area contributed by atoms with Crippen LogP contribution in [0.1, 0.15) is 26.7 Å². The van der Waals surface area contributed by atoms with Crippen molar-refractivity contribution in [3.8, 4) is 0 Å². The molecule has 0 radical (unpaired) electrons. The summed E-state index contributed by atoms with van der Waals surface area (Å²) in [4.78, 5) is 0. The Hall–Kier alpha value is -0.120. The van der Waals surface area contributed by atoms with Gasteiger partial charge in [0.15, 0.2) is 0 Å². The molecule has 1 aliphatic heterocycles. The van der Waals surface area contributed by atoms with E-state index in [2.05, 4.69) is 19.2 Å². The number of hydrogen-bond acceptors (Lipinski definition) is 3. The van der Waals surface area contributed by atoms with E-state index in [1.807, 2.05) is 7.05 Å². The summed E-state index contributed by atoms with van der Waals surface area (Å²) in [5.41, 5.74) is 6.38. The maximum Gasteiger partial charge on any atom is 0.0469 e. The Labute approximate surface area is 93.8 Å². The fraction of sp³-hybridized carbons (Fsp3) is 1.00. The van der Waals surface area contributed by atoms with Crippen molar-refractivity contribution >= 4 is 0 Å². The third-order valence-electron chi connectivity index (χ3n) is 3.60. The van der Waals surface area contributed by atoms with E-state index < -0.39 is 0 Å². The van der Waals surface area contributed by atoms with Gasteiger partial charge in [-0.3, -0.25) is 0 Å². The summed E-state index contributed by atoms with van der Waals surface area (Å²) in [7, 11) is 2.01. The van der Waals surface area contributed by atoms with Gasteiger partial charge in [-0.25, -0.2) is 0 Å². The summed E-state index contributed by atoms with van der Waals surface area (Å²) < 4.78 is 5.38. The number of nitrogens with one attached hydrogen (secondary N) is 1. The zero-order valence-corrected chi connectivity index (χ0v) is 10.3. The van der Waals surface area contributed by atoms with Crippen molar-refractivity contribution in [1.29, 1.82) is 0 Å². The minimum absolute atomic E-state index is 0.321. The summed E-state index contributed by atoms with van der Waals surface area (Å²) in [6, 6.07) is 0.321. The molecule has 1 heterocycles. The number of nitrogens with two attached hydrogens (primary N) is 1. The van der Waals surface area contributed by atoms with Gasteiger partial charge in [0.25, 0.3) is 0 Å². The Balaban J connectivity index is 2.49. The van der Waals surface area contributed by atoms with Crippen LogP contribution in [-0.2, 0) is 4.74 Å². The Morgan fingerprint density at radius 1 is 1.33 bits per heavy atom. The monoisotopic (exact) mass is 214 g/mol. The molecule has 1 aliphatic rings. The molecular formula is C12H26N2O. The van der Waals surface area contributed by atoms with E-state index in [1.54, 1.807) is 0 Å². The topological polar surface area (TPSA) is 47.3 Å². The van der Waals surface area contributed by atoms with Crippen molar-refractivity contribution in [2.24, 2.45) is 23.5 Å². The average molecular weight is 214 g/mol. The summed E-state index contributed by atoms with van der Waals surface area (Å²) in [6.07, 6.45) is 2.27. The Bertz CT molecular complexity index is 167. The van der Waals surface area contributed by atoms with E-state index in [9.17, 15) is 0 Å². The molecule has 1 fully saturated rings.